The zero-order valence-electron chi connectivity index (χ0n) is 8.09. The average molecular weight is 175 g/mol. The predicted octanol–water partition coefficient (Wildman–Crippen LogP) is 2.33. The molecule has 3 unspecified atom stereocenters. The van der Waals surface area contributed by atoms with Crippen molar-refractivity contribution in [2.75, 3.05) is 6.54 Å². The largest absolute Gasteiger partial charge is 0.314 e. The highest BCUT2D eigenvalue weighted by atomic mass is 32.1. The highest BCUT2D eigenvalue weighted by Crippen LogP contribution is 2.20. The summed E-state index contributed by atoms with van der Waals surface area (Å²) < 4.78 is 0. The van der Waals surface area contributed by atoms with Crippen molar-refractivity contribution < 1.29 is 0 Å². The van der Waals surface area contributed by atoms with Crippen LogP contribution < -0.4 is 5.32 Å². The molecule has 0 aromatic heterocycles. The topological polar surface area (TPSA) is 12.0 Å². The number of hydrogen-bond acceptors (Lipinski definition) is 2. The van der Waals surface area contributed by atoms with E-state index in [0.717, 1.165) is 12.5 Å². The zero-order chi connectivity index (χ0) is 8.85. The van der Waals surface area contributed by atoms with Gasteiger partial charge < -0.3 is 5.32 Å². The monoisotopic (exact) mass is 175 g/mol. The first-order valence-corrected chi connectivity index (χ1v) is 5.13. The molecule has 0 aromatic carbocycles. The van der Waals surface area contributed by atoms with Gasteiger partial charge >= 0.3 is 0 Å². The lowest BCUT2D eigenvalue weighted by atomic mass is 10.0. The second kappa shape index (κ2) is 5.90. The number of thiol groups is 1. The molecule has 0 radical (unpaired) electrons. The fraction of sp³-hybridized carbons (Fsp3) is 1.00. The van der Waals surface area contributed by atoms with Gasteiger partial charge in [-0.1, -0.05) is 20.8 Å². The molecule has 1 rings (SSSR count). The van der Waals surface area contributed by atoms with Gasteiger partial charge in [0.15, 0.2) is 0 Å². The number of hydrogen-bond donors (Lipinski definition) is 2. The Morgan fingerprint density at radius 3 is 2.18 bits per heavy atom. The van der Waals surface area contributed by atoms with E-state index in [1.807, 2.05) is 13.8 Å². The third-order valence-corrected chi connectivity index (χ3v) is 2.49. The first-order chi connectivity index (χ1) is 5.20. The lowest BCUT2D eigenvalue weighted by molar-refractivity contribution is 0.565. The van der Waals surface area contributed by atoms with Crippen molar-refractivity contribution in [2.24, 2.45) is 5.92 Å². The van der Waals surface area contributed by atoms with Crippen molar-refractivity contribution in [3.8, 4) is 0 Å². The minimum absolute atomic E-state index is 0.558. The molecule has 1 aliphatic heterocycles. The summed E-state index contributed by atoms with van der Waals surface area (Å²) in [5.41, 5.74) is 0. The molecule has 2 heteroatoms. The van der Waals surface area contributed by atoms with Crippen LogP contribution in [0.2, 0.25) is 0 Å². The molecule has 0 spiro atoms. The van der Waals surface area contributed by atoms with Crippen LogP contribution in [0, 0.1) is 5.92 Å². The van der Waals surface area contributed by atoms with Crippen molar-refractivity contribution in [3.05, 3.63) is 0 Å². The van der Waals surface area contributed by atoms with Gasteiger partial charge in [0.05, 0.1) is 0 Å². The van der Waals surface area contributed by atoms with Crippen LogP contribution in [0.15, 0.2) is 0 Å². The summed E-state index contributed by atoms with van der Waals surface area (Å²) in [6.07, 6.45) is 1.30. The fourth-order valence-corrected chi connectivity index (χ4v) is 1.57. The van der Waals surface area contributed by atoms with Crippen LogP contribution >= 0.6 is 12.6 Å². The molecule has 1 fully saturated rings. The maximum Gasteiger partial charge on any atom is 0.00423 e. The van der Waals surface area contributed by atoms with Crippen molar-refractivity contribution in [3.63, 3.8) is 0 Å². The lowest BCUT2D eigenvalue weighted by Crippen LogP contribution is -2.18. The second-order valence-electron chi connectivity index (χ2n) is 3.05. The van der Waals surface area contributed by atoms with E-state index < -0.39 is 0 Å². The molecule has 11 heavy (non-hydrogen) atoms. The maximum atomic E-state index is 4.39. The van der Waals surface area contributed by atoms with E-state index in [9.17, 15) is 0 Å². The summed E-state index contributed by atoms with van der Waals surface area (Å²) in [5, 5.41) is 3.96. The third-order valence-electron chi connectivity index (χ3n) is 2.07. The molecule has 0 amide bonds. The van der Waals surface area contributed by atoms with Crippen LogP contribution in [0.5, 0.6) is 0 Å². The molecule has 0 bridgehead atoms. The van der Waals surface area contributed by atoms with Crippen molar-refractivity contribution in [1.82, 2.24) is 5.32 Å². The van der Waals surface area contributed by atoms with E-state index in [0.29, 0.717) is 11.3 Å². The quantitative estimate of drug-likeness (QED) is 0.583. The summed E-state index contributed by atoms with van der Waals surface area (Å²) in [6, 6.07) is 0.713. The third kappa shape index (κ3) is 4.02. The van der Waals surface area contributed by atoms with Gasteiger partial charge in [0, 0.05) is 11.3 Å². The molecule has 0 aliphatic carbocycles. The minimum Gasteiger partial charge on any atom is -0.314 e. The highest BCUT2D eigenvalue weighted by molar-refractivity contribution is 7.80. The van der Waals surface area contributed by atoms with Crippen LogP contribution in [0.1, 0.15) is 34.1 Å². The van der Waals surface area contributed by atoms with Gasteiger partial charge in [0.25, 0.3) is 0 Å². The summed E-state index contributed by atoms with van der Waals surface area (Å²) in [6.45, 7) is 9.56. The van der Waals surface area contributed by atoms with Crippen LogP contribution in [-0.4, -0.2) is 17.8 Å². The standard InChI is InChI=1S/C7H15NS.C2H6/c1-5-3-7(4-8-5)6(2)9;1-2/h5-9H,3-4H2,1-2H3;1-2H3. The molecule has 1 N–H and O–H groups in total. The van der Waals surface area contributed by atoms with Gasteiger partial charge in [-0.05, 0) is 25.8 Å². The highest BCUT2D eigenvalue weighted by Gasteiger charge is 2.23. The van der Waals surface area contributed by atoms with Gasteiger partial charge in [-0.3, -0.25) is 0 Å². The van der Waals surface area contributed by atoms with Crippen LogP contribution in [0.4, 0.5) is 0 Å². The first-order valence-electron chi connectivity index (χ1n) is 4.61. The van der Waals surface area contributed by atoms with E-state index in [2.05, 4.69) is 31.8 Å². The Labute approximate surface area is 76.4 Å². The number of rotatable bonds is 1. The Hall–Kier alpha value is 0.310. The van der Waals surface area contributed by atoms with E-state index >= 15 is 0 Å². The van der Waals surface area contributed by atoms with Gasteiger partial charge in [-0.25, -0.2) is 0 Å². The van der Waals surface area contributed by atoms with E-state index in [1.54, 1.807) is 0 Å². The molecule has 1 nitrogen and oxygen atoms in total. The minimum atomic E-state index is 0.558. The summed E-state index contributed by atoms with van der Waals surface area (Å²) in [4.78, 5) is 0. The van der Waals surface area contributed by atoms with Crippen LogP contribution in [0.25, 0.3) is 0 Å². The summed E-state index contributed by atoms with van der Waals surface area (Å²) in [7, 11) is 0. The normalized spacial score (nSPS) is 32.5. The molecule has 1 heterocycles. The Balaban J connectivity index is 0.000000461. The zero-order valence-corrected chi connectivity index (χ0v) is 8.99. The Morgan fingerprint density at radius 1 is 1.45 bits per heavy atom. The van der Waals surface area contributed by atoms with Gasteiger partial charge in [-0.15, -0.1) is 0 Å². The SMILES string of the molecule is CC.CC1CC(C(C)S)CN1. The Bertz CT molecular complexity index is 93.6. The van der Waals surface area contributed by atoms with Crippen molar-refractivity contribution >= 4 is 12.6 Å². The molecule has 1 aliphatic rings. The molecule has 68 valence electrons. The van der Waals surface area contributed by atoms with Crippen molar-refractivity contribution in [1.29, 1.82) is 0 Å². The fourth-order valence-electron chi connectivity index (χ4n) is 1.34. The molecule has 0 saturated carbocycles. The van der Waals surface area contributed by atoms with Crippen LogP contribution in [-0.2, 0) is 0 Å². The second-order valence-corrected chi connectivity index (χ2v) is 3.86. The molecule has 3 atom stereocenters. The number of nitrogens with one attached hydrogen (secondary N) is 1. The van der Waals surface area contributed by atoms with Gasteiger partial charge in [0.2, 0.25) is 0 Å². The van der Waals surface area contributed by atoms with E-state index in [4.69, 9.17) is 0 Å². The maximum absolute atomic E-state index is 4.39. The Kier molecular flexibility index (Phi) is 6.06. The molecule has 1 saturated heterocycles. The van der Waals surface area contributed by atoms with Crippen molar-refractivity contribution in [2.45, 2.75) is 45.4 Å². The smallest absolute Gasteiger partial charge is 0.00423 e. The predicted molar refractivity (Wildman–Crippen MR) is 55.4 cm³/mol. The first kappa shape index (κ1) is 11.3. The molecular formula is C9H21NS. The average Bonchev–Trinajstić information content (AvgIpc) is 2.40. The van der Waals surface area contributed by atoms with Gasteiger partial charge in [0.1, 0.15) is 0 Å². The Morgan fingerprint density at radius 2 is 2.00 bits per heavy atom. The lowest BCUT2D eigenvalue weighted by Gasteiger charge is -2.10. The summed E-state index contributed by atoms with van der Waals surface area (Å²) >= 11 is 4.39. The van der Waals surface area contributed by atoms with E-state index in [-0.39, 0.29) is 0 Å². The van der Waals surface area contributed by atoms with Crippen LogP contribution in [0.3, 0.4) is 0 Å². The van der Waals surface area contributed by atoms with Gasteiger partial charge in [-0.2, -0.15) is 12.6 Å². The molecular weight excluding hydrogens is 154 g/mol. The molecule has 0 aromatic rings. The van der Waals surface area contributed by atoms with E-state index in [1.165, 1.54) is 6.42 Å². The summed E-state index contributed by atoms with van der Waals surface area (Å²) in [5.74, 6) is 0.795.